The van der Waals surface area contributed by atoms with Gasteiger partial charge in [-0.1, -0.05) is 12.1 Å². The second-order valence-corrected chi connectivity index (χ2v) is 4.10. The minimum Gasteiger partial charge on any atom is -0.481 e. The maximum atomic E-state index is 5.62. The molecule has 6 heteroatoms. The number of nitrogens with two attached hydrogens (primary N) is 1. The van der Waals surface area contributed by atoms with Crippen molar-refractivity contribution in [3.8, 4) is 17.5 Å². The minimum atomic E-state index is 0.107. The monoisotopic (exact) mass is 275 g/mol. The van der Waals surface area contributed by atoms with Crippen molar-refractivity contribution in [3.63, 3.8) is 0 Å². The van der Waals surface area contributed by atoms with Gasteiger partial charge in [-0.25, -0.2) is 0 Å². The summed E-state index contributed by atoms with van der Waals surface area (Å²) in [5.41, 5.74) is 6.75. The largest absolute Gasteiger partial charge is 0.481 e. The Morgan fingerprint density at radius 2 is 1.75 bits per heavy atom. The molecular weight excluding hydrogens is 258 g/mol. The molecule has 0 bridgehead atoms. The molecule has 2 rings (SSSR count). The fourth-order valence-corrected chi connectivity index (χ4v) is 1.64. The Kier molecular flexibility index (Phi) is 4.73. The third-order valence-corrected chi connectivity index (χ3v) is 2.65. The maximum absolute atomic E-state index is 5.62. The van der Waals surface area contributed by atoms with Crippen molar-refractivity contribution in [2.24, 2.45) is 0 Å². The Labute approximate surface area is 117 Å². The highest BCUT2D eigenvalue weighted by atomic mass is 16.5. The second-order valence-electron chi connectivity index (χ2n) is 4.10. The van der Waals surface area contributed by atoms with E-state index < -0.39 is 0 Å². The average molecular weight is 275 g/mol. The molecule has 0 atom stereocenters. The summed E-state index contributed by atoms with van der Waals surface area (Å²) in [6.07, 6.45) is 0.866. The zero-order chi connectivity index (χ0) is 14.4. The first kappa shape index (κ1) is 14.1. The van der Waals surface area contributed by atoms with E-state index in [4.69, 9.17) is 19.9 Å². The van der Waals surface area contributed by atoms with Gasteiger partial charge < -0.3 is 19.9 Å². The predicted molar refractivity (Wildman–Crippen MR) is 75.1 cm³/mol. The van der Waals surface area contributed by atoms with Gasteiger partial charge in [-0.2, -0.15) is 9.97 Å². The van der Waals surface area contributed by atoms with Gasteiger partial charge in [0, 0.05) is 7.11 Å². The van der Waals surface area contributed by atoms with Crippen molar-refractivity contribution in [2.45, 2.75) is 6.42 Å². The van der Waals surface area contributed by atoms with E-state index in [2.05, 4.69) is 9.97 Å². The molecule has 2 N–H and O–H groups in total. The van der Waals surface area contributed by atoms with Crippen molar-refractivity contribution in [1.82, 2.24) is 9.97 Å². The van der Waals surface area contributed by atoms with Gasteiger partial charge >= 0.3 is 0 Å². The van der Waals surface area contributed by atoms with Crippen LogP contribution in [0.2, 0.25) is 0 Å². The topological polar surface area (TPSA) is 79.5 Å². The standard InChI is InChI=1S/C14H17N3O3/c1-18-8-7-10-3-5-11(6-4-10)20-13-9-12(19-2)16-14(15)17-13/h3-6,9H,7-8H2,1-2H3,(H2,15,16,17). The lowest BCUT2D eigenvalue weighted by atomic mass is 10.1. The number of nitrogen functional groups attached to an aromatic ring is 1. The first-order chi connectivity index (χ1) is 9.71. The minimum absolute atomic E-state index is 0.107. The molecule has 0 aliphatic heterocycles. The summed E-state index contributed by atoms with van der Waals surface area (Å²) in [7, 11) is 3.19. The van der Waals surface area contributed by atoms with E-state index in [-0.39, 0.29) is 5.95 Å². The van der Waals surface area contributed by atoms with Gasteiger partial charge in [0.15, 0.2) is 0 Å². The number of rotatable bonds is 6. The van der Waals surface area contributed by atoms with Gasteiger partial charge in [-0.3, -0.25) is 0 Å². The van der Waals surface area contributed by atoms with Crippen LogP contribution in [0.1, 0.15) is 5.56 Å². The van der Waals surface area contributed by atoms with Crippen LogP contribution in [0.5, 0.6) is 17.5 Å². The maximum Gasteiger partial charge on any atom is 0.227 e. The van der Waals surface area contributed by atoms with Crippen LogP contribution in [0.4, 0.5) is 5.95 Å². The van der Waals surface area contributed by atoms with Crippen molar-refractivity contribution in [3.05, 3.63) is 35.9 Å². The molecule has 0 aliphatic rings. The Hall–Kier alpha value is -2.34. The molecule has 0 saturated carbocycles. The summed E-state index contributed by atoms with van der Waals surface area (Å²) in [6, 6.07) is 9.28. The van der Waals surface area contributed by atoms with E-state index in [1.165, 1.54) is 12.7 Å². The van der Waals surface area contributed by atoms with Crippen LogP contribution in [-0.4, -0.2) is 30.8 Å². The smallest absolute Gasteiger partial charge is 0.227 e. The molecule has 1 aromatic carbocycles. The zero-order valence-corrected chi connectivity index (χ0v) is 11.5. The molecular formula is C14H17N3O3. The molecule has 0 spiro atoms. The van der Waals surface area contributed by atoms with Crippen LogP contribution < -0.4 is 15.2 Å². The fraction of sp³-hybridized carbons (Fsp3) is 0.286. The Balaban J connectivity index is 2.07. The lowest BCUT2D eigenvalue weighted by Crippen LogP contribution is -1.99. The molecule has 106 valence electrons. The highest BCUT2D eigenvalue weighted by molar-refractivity contribution is 5.34. The quantitative estimate of drug-likeness (QED) is 0.869. The average Bonchev–Trinajstić information content (AvgIpc) is 2.46. The van der Waals surface area contributed by atoms with Crippen molar-refractivity contribution < 1.29 is 14.2 Å². The summed E-state index contributed by atoms with van der Waals surface area (Å²) in [5.74, 6) is 1.49. The van der Waals surface area contributed by atoms with Gasteiger partial charge in [0.25, 0.3) is 0 Å². The molecule has 6 nitrogen and oxygen atoms in total. The third kappa shape index (κ3) is 3.83. The Morgan fingerprint density at radius 3 is 2.40 bits per heavy atom. The number of aromatic nitrogens is 2. The predicted octanol–water partition coefficient (Wildman–Crippen LogP) is 2.05. The van der Waals surface area contributed by atoms with Crippen molar-refractivity contribution in [1.29, 1.82) is 0 Å². The van der Waals surface area contributed by atoms with E-state index in [1.54, 1.807) is 13.2 Å². The SMILES string of the molecule is COCCc1ccc(Oc2cc(OC)nc(N)n2)cc1. The van der Waals surface area contributed by atoms with Crippen LogP contribution >= 0.6 is 0 Å². The molecule has 0 fully saturated rings. The zero-order valence-electron chi connectivity index (χ0n) is 11.5. The molecule has 1 aromatic heterocycles. The van der Waals surface area contributed by atoms with Gasteiger partial charge in [0.05, 0.1) is 19.8 Å². The summed E-state index contributed by atoms with van der Waals surface area (Å²) >= 11 is 0. The lowest BCUT2D eigenvalue weighted by Gasteiger charge is -2.07. The van der Waals surface area contributed by atoms with Crippen LogP contribution in [0, 0.1) is 0 Å². The van der Waals surface area contributed by atoms with E-state index >= 15 is 0 Å². The number of anilines is 1. The molecule has 2 aromatic rings. The Bertz CT molecular complexity index is 558. The first-order valence-electron chi connectivity index (χ1n) is 6.15. The number of benzene rings is 1. The molecule has 0 saturated heterocycles. The lowest BCUT2D eigenvalue weighted by molar-refractivity contribution is 0.202. The van der Waals surface area contributed by atoms with Crippen LogP contribution in [0.25, 0.3) is 0 Å². The van der Waals surface area contributed by atoms with Gasteiger partial charge in [0.2, 0.25) is 17.7 Å². The molecule has 0 amide bonds. The molecule has 0 aliphatic carbocycles. The van der Waals surface area contributed by atoms with Crippen LogP contribution in [-0.2, 0) is 11.2 Å². The summed E-state index contributed by atoms with van der Waals surface area (Å²) in [6.45, 7) is 0.694. The van der Waals surface area contributed by atoms with Gasteiger partial charge in [-0.15, -0.1) is 0 Å². The molecule has 0 radical (unpaired) electrons. The third-order valence-electron chi connectivity index (χ3n) is 2.65. The number of nitrogens with zero attached hydrogens (tertiary/aromatic N) is 2. The van der Waals surface area contributed by atoms with Gasteiger partial charge in [0.1, 0.15) is 5.75 Å². The van der Waals surface area contributed by atoms with E-state index in [0.29, 0.717) is 24.1 Å². The molecule has 0 unspecified atom stereocenters. The number of ether oxygens (including phenoxy) is 3. The van der Waals surface area contributed by atoms with Crippen molar-refractivity contribution in [2.75, 3.05) is 26.6 Å². The summed E-state index contributed by atoms with van der Waals surface area (Å²) in [4.78, 5) is 7.89. The van der Waals surface area contributed by atoms with E-state index in [9.17, 15) is 0 Å². The summed E-state index contributed by atoms with van der Waals surface area (Å²) in [5, 5.41) is 0. The Morgan fingerprint density at radius 1 is 1.05 bits per heavy atom. The normalized spacial score (nSPS) is 10.3. The van der Waals surface area contributed by atoms with E-state index in [0.717, 1.165) is 6.42 Å². The fourth-order valence-electron chi connectivity index (χ4n) is 1.64. The summed E-state index contributed by atoms with van der Waals surface area (Å²) < 4.78 is 15.7. The van der Waals surface area contributed by atoms with Crippen molar-refractivity contribution >= 4 is 5.95 Å². The second kappa shape index (κ2) is 6.72. The van der Waals surface area contributed by atoms with Crippen LogP contribution in [0.3, 0.4) is 0 Å². The van der Waals surface area contributed by atoms with E-state index in [1.807, 2.05) is 24.3 Å². The number of hydrogen-bond donors (Lipinski definition) is 1. The van der Waals surface area contributed by atoms with Gasteiger partial charge in [-0.05, 0) is 24.1 Å². The molecule has 1 heterocycles. The number of methoxy groups -OCH3 is 2. The highest BCUT2D eigenvalue weighted by Gasteiger charge is 2.05. The molecule has 20 heavy (non-hydrogen) atoms. The highest BCUT2D eigenvalue weighted by Crippen LogP contribution is 2.23. The van der Waals surface area contributed by atoms with Crippen LogP contribution in [0.15, 0.2) is 30.3 Å². The number of hydrogen-bond acceptors (Lipinski definition) is 6. The first-order valence-corrected chi connectivity index (χ1v) is 6.15.